The number of rotatable bonds is 9. The lowest BCUT2D eigenvalue weighted by molar-refractivity contribution is -0.122. The third-order valence-corrected chi connectivity index (χ3v) is 3.27. The molecule has 2 N–H and O–H groups in total. The van der Waals surface area contributed by atoms with Gasteiger partial charge in [-0.2, -0.15) is 0 Å². The Kier molecular flexibility index (Phi) is 7.19. The Morgan fingerprint density at radius 3 is 2.52 bits per heavy atom. The van der Waals surface area contributed by atoms with Gasteiger partial charge in [-0.3, -0.25) is 9.69 Å². The highest BCUT2D eigenvalue weighted by molar-refractivity contribution is 5.80. The van der Waals surface area contributed by atoms with E-state index in [0.717, 1.165) is 16.9 Å². The fourth-order valence-corrected chi connectivity index (χ4v) is 2.14. The van der Waals surface area contributed by atoms with Crippen molar-refractivity contribution < 1.29 is 14.3 Å². The SMILES string of the molecule is CCOCc1cc(C[C@@H](C(N)=O)N(C)C)ccc1OCC. The summed E-state index contributed by atoms with van der Waals surface area (Å²) in [6.07, 6.45) is 0.577. The van der Waals surface area contributed by atoms with E-state index in [0.29, 0.717) is 26.2 Å². The molecule has 1 aromatic rings. The van der Waals surface area contributed by atoms with Crippen LogP contribution in [0, 0.1) is 0 Å². The Hall–Kier alpha value is -1.59. The van der Waals surface area contributed by atoms with Crippen LogP contribution in [0.25, 0.3) is 0 Å². The molecule has 118 valence electrons. The second-order valence-electron chi connectivity index (χ2n) is 5.10. The number of nitrogens with two attached hydrogens (primary N) is 1. The molecule has 1 aromatic carbocycles. The lowest BCUT2D eigenvalue weighted by atomic mass is 10.0. The number of carbonyl (C=O) groups is 1. The van der Waals surface area contributed by atoms with Crippen molar-refractivity contribution in [3.63, 3.8) is 0 Å². The summed E-state index contributed by atoms with van der Waals surface area (Å²) >= 11 is 0. The fourth-order valence-electron chi connectivity index (χ4n) is 2.14. The van der Waals surface area contributed by atoms with Gasteiger partial charge in [0.25, 0.3) is 0 Å². The van der Waals surface area contributed by atoms with Gasteiger partial charge in [0.2, 0.25) is 5.91 Å². The van der Waals surface area contributed by atoms with Crippen LogP contribution in [0.5, 0.6) is 5.75 Å². The highest BCUT2D eigenvalue weighted by Crippen LogP contribution is 2.22. The molecule has 0 spiro atoms. The predicted octanol–water partition coefficient (Wildman–Crippen LogP) is 1.58. The van der Waals surface area contributed by atoms with Crippen LogP contribution in [-0.4, -0.2) is 44.2 Å². The maximum atomic E-state index is 11.5. The molecule has 1 atom stereocenters. The molecule has 0 heterocycles. The number of benzene rings is 1. The molecule has 0 aliphatic carbocycles. The zero-order valence-electron chi connectivity index (χ0n) is 13.4. The molecule has 0 aliphatic heterocycles. The van der Waals surface area contributed by atoms with Crippen LogP contribution in [0.1, 0.15) is 25.0 Å². The first-order valence-corrected chi connectivity index (χ1v) is 7.27. The third-order valence-electron chi connectivity index (χ3n) is 3.27. The average molecular weight is 294 g/mol. The topological polar surface area (TPSA) is 64.8 Å². The zero-order valence-corrected chi connectivity index (χ0v) is 13.4. The van der Waals surface area contributed by atoms with Crippen molar-refractivity contribution in [2.24, 2.45) is 5.73 Å². The number of hydrogen-bond acceptors (Lipinski definition) is 4. The maximum absolute atomic E-state index is 11.5. The van der Waals surface area contributed by atoms with E-state index in [4.69, 9.17) is 15.2 Å². The first-order chi connectivity index (χ1) is 9.99. The molecular weight excluding hydrogens is 268 g/mol. The largest absolute Gasteiger partial charge is 0.494 e. The minimum absolute atomic E-state index is 0.317. The van der Waals surface area contributed by atoms with Gasteiger partial charge in [0, 0.05) is 12.2 Å². The first-order valence-electron chi connectivity index (χ1n) is 7.27. The fraction of sp³-hybridized carbons (Fsp3) is 0.562. The van der Waals surface area contributed by atoms with E-state index in [2.05, 4.69) is 0 Å². The quantitative estimate of drug-likeness (QED) is 0.751. The third kappa shape index (κ3) is 5.36. The van der Waals surface area contributed by atoms with Gasteiger partial charge in [-0.15, -0.1) is 0 Å². The molecule has 0 radical (unpaired) electrons. The predicted molar refractivity (Wildman–Crippen MR) is 83.3 cm³/mol. The molecule has 5 heteroatoms. The number of carbonyl (C=O) groups excluding carboxylic acids is 1. The van der Waals surface area contributed by atoms with Crippen LogP contribution >= 0.6 is 0 Å². The normalized spacial score (nSPS) is 12.4. The van der Waals surface area contributed by atoms with Gasteiger partial charge in [-0.1, -0.05) is 6.07 Å². The van der Waals surface area contributed by atoms with Crippen LogP contribution in [0.3, 0.4) is 0 Å². The van der Waals surface area contributed by atoms with Gasteiger partial charge in [0.1, 0.15) is 5.75 Å². The number of nitrogens with zero attached hydrogens (tertiary/aromatic N) is 1. The highest BCUT2D eigenvalue weighted by atomic mass is 16.5. The molecule has 0 aromatic heterocycles. The van der Waals surface area contributed by atoms with Crippen LogP contribution < -0.4 is 10.5 Å². The molecule has 21 heavy (non-hydrogen) atoms. The van der Waals surface area contributed by atoms with E-state index in [1.807, 2.05) is 51.0 Å². The van der Waals surface area contributed by atoms with Gasteiger partial charge in [0.15, 0.2) is 0 Å². The Balaban J connectivity index is 2.94. The summed E-state index contributed by atoms with van der Waals surface area (Å²) in [6.45, 7) is 5.67. The van der Waals surface area contributed by atoms with E-state index in [-0.39, 0.29) is 11.9 Å². The van der Waals surface area contributed by atoms with Gasteiger partial charge in [-0.05, 0) is 52.1 Å². The van der Waals surface area contributed by atoms with Crippen molar-refractivity contribution in [3.05, 3.63) is 29.3 Å². The average Bonchev–Trinajstić information content (AvgIpc) is 2.43. The second kappa shape index (κ2) is 8.64. The standard InChI is InChI=1S/C16H26N2O3/c1-5-20-11-13-9-12(7-8-15(13)21-6-2)10-14(16(17)19)18(3)4/h7-9,14H,5-6,10-11H2,1-4H3,(H2,17,19)/t14-/m0/s1. The number of primary amides is 1. The molecule has 1 rings (SSSR count). The van der Waals surface area contributed by atoms with E-state index in [1.54, 1.807) is 0 Å². The number of hydrogen-bond donors (Lipinski definition) is 1. The van der Waals surface area contributed by atoms with Crippen molar-refractivity contribution in [2.45, 2.75) is 32.9 Å². The van der Waals surface area contributed by atoms with Gasteiger partial charge >= 0.3 is 0 Å². The van der Waals surface area contributed by atoms with Gasteiger partial charge in [-0.25, -0.2) is 0 Å². The minimum atomic E-state index is -0.319. The van der Waals surface area contributed by atoms with Crippen molar-refractivity contribution >= 4 is 5.91 Å². The second-order valence-corrected chi connectivity index (χ2v) is 5.10. The van der Waals surface area contributed by atoms with Crippen LogP contribution in [-0.2, 0) is 22.6 Å². The van der Waals surface area contributed by atoms with Crippen molar-refractivity contribution in [3.8, 4) is 5.75 Å². The summed E-state index contributed by atoms with van der Waals surface area (Å²) in [5.41, 5.74) is 7.50. The molecule has 1 amide bonds. The molecule has 5 nitrogen and oxygen atoms in total. The zero-order chi connectivity index (χ0) is 15.8. The summed E-state index contributed by atoms with van der Waals surface area (Å²) in [6, 6.07) is 5.61. The van der Waals surface area contributed by atoms with Crippen LogP contribution in [0.4, 0.5) is 0 Å². The summed E-state index contributed by atoms with van der Waals surface area (Å²) in [4.78, 5) is 13.3. The molecule has 0 saturated carbocycles. The van der Waals surface area contributed by atoms with Gasteiger partial charge in [0.05, 0.1) is 19.3 Å². The van der Waals surface area contributed by atoms with E-state index in [9.17, 15) is 4.79 Å². The Morgan fingerprint density at radius 2 is 2.00 bits per heavy atom. The Morgan fingerprint density at radius 1 is 1.29 bits per heavy atom. The summed E-state index contributed by atoms with van der Waals surface area (Å²) in [7, 11) is 3.70. The Labute approximate surface area is 127 Å². The van der Waals surface area contributed by atoms with Crippen molar-refractivity contribution in [1.29, 1.82) is 0 Å². The van der Waals surface area contributed by atoms with E-state index in [1.165, 1.54) is 0 Å². The Bertz CT molecular complexity index is 461. The molecule has 0 unspecified atom stereocenters. The minimum Gasteiger partial charge on any atom is -0.494 e. The lowest BCUT2D eigenvalue weighted by Gasteiger charge is -2.21. The summed E-state index contributed by atoms with van der Waals surface area (Å²) in [5.74, 6) is 0.510. The van der Waals surface area contributed by atoms with Gasteiger partial charge < -0.3 is 15.2 Å². The van der Waals surface area contributed by atoms with Crippen molar-refractivity contribution in [1.82, 2.24) is 4.90 Å². The number of amides is 1. The first kappa shape index (κ1) is 17.5. The van der Waals surface area contributed by atoms with Crippen LogP contribution in [0.15, 0.2) is 18.2 Å². The molecule has 0 fully saturated rings. The maximum Gasteiger partial charge on any atom is 0.235 e. The van der Waals surface area contributed by atoms with Crippen LogP contribution in [0.2, 0.25) is 0 Å². The van der Waals surface area contributed by atoms with E-state index < -0.39 is 0 Å². The lowest BCUT2D eigenvalue weighted by Crippen LogP contribution is -2.41. The van der Waals surface area contributed by atoms with Crippen molar-refractivity contribution in [2.75, 3.05) is 27.3 Å². The van der Waals surface area contributed by atoms with E-state index >= 15 is 0 Å². The monoisotopic (exact) mass is 294 g/mol. The highest BCUT2D eigenvalue weighted by Gasteiger charge is 2.19. The summed E-state index contributed by atoms with van der Waals surface area (Å²) < 4.78 is 11.1. The molecule has 0 bridgehead atoms. The molecule has 0 saturated heterocycles. The smallest absolute Gasteiger partial charge is 0.235 e. The number of ether oxygens (including phenoxy) is 2. The number of likely N-dealkylation sites (N-methyl/N-ethyl adjacent to an activating group) is 1. The molecular formula is C16H26N2O3. The molecule has 0 aliphatic rings. The summed E-state index contributed by atoms with van der Waals surface area (Å²) in [5, 5.41) is 0.